The molecule has 0 aromatic rings. The molecule has 1 aliphatic heterocycles. The van der Waals surface area contributed by atoms with E-state index in [1.165, 1.54) is 6.42 Å². The van der Waals surface area contributed by atoms with Crippen LogP contribution in [0.1, 0.15) is 13.3 Å². The standard InChI is InChI=1S/C5H9N/c1-5-2-3-6-4-5/h4-5H,2-3H2,1H3. The Kier molecular flexibility index (Phi) is 0.906. The van der Waals surface area contributed by atoms with Crippen molar-refractivity contribution in [3.05, 3.63) is 0 Å². The molecule has 1 rings (SSSR count). The van der Waals surface area contributed by atoms with Gasteiger partial charge in [0, 0.05) is 12.8 Å². The van der Waals surface area contributed by atoms with E-state index in [0.717, 1.165) is 12.5 Å². The van der Waals surface area contributed by atoms with Crippen LogP contribution in [0.4, 0.5) is 0 Å². The van der Waals surface area contributed by atoms with Crippen molar-refractivity contribution in [2.75, 3.05) is 6.54 Å². The van der Waals surface area contributed by atoms with Gasteiger partial charge in [-0.25, -0.2) is 0 Å². The summed E-state index contributed by atoms with van der Waals surface area (Å²) < 4.78 is 0. The molecule has 0 saturated heterocycles. The third-order valence-electron chi connectivity index (χ3n) is 1.07. The molecule has 0 saturated carbocycles. The third-order valence-corrected chi connectivity index (χ3v) is 1.07. The minimum Gasteiger partial charge on any atom is -0.297 e. The van der Waals surface area contributed by atoms with Crippen molar-refractivity contribution in [2.24, 2.45) is 10.9 Å². The fraction of sp³-hybridized carbons (Fsp3) is 0.800. The van der Waals surface area contributed by atoms with E-state index in [1.54, 1.807) is 0 Å². The molecule has 1 unspecified atom stereocenters. The first-order valence-corrected chi connectivity index (χ1v) is 2.39. The quantitative estimate of drug-likeness (QED) is 0.416. The average Bonchev–Trinajstić information content (AvgIpc) is 1.86. The molecule has 0 amide bonds. The Bertz CT molecular complexity index is 66.3. The molecule has 34 valence electrons. The van der Waals surface area contributed by atoms with Gasteiger partial charge in [0.15, 0.2) is 0 Å². The van der Waals surface area contributed by atoms with Crippen molar-refractivity contribution in [3.63, 3.8) is 0 Å². The molecule has 6 heavy (non-hydrogen) atoms. The van der Waals surface area contributed by atoms with Gasteiger partial charge in [-0.3, -0.25) is 4.99 Å². The van der Waals surface area contributed by atoms with Crippen LogP contribution >= 0.6 is 0 Å². The normalized spacial score (nSPS) is 31.8. The minimum absolute atomic E-state index is 0.755. The van der Waals surface area contributed by atoms with Crippen LogP contribution in [0, 0.1) is 5.92 Å². The summed E-state index contributed by atoms with van der Waals surface area (Å²) in [6.45, 7) is 3.25. The van der Waals surface area contributed by atoms with Crippen molar-refractivity contribution < 1.29 is 0 Å². The van der Waals surface area contributed by atoms with Crippen molar-refractivity contribution in [3.8, 4) is 0 Å². The summed E-state index contributed by atoms with van der Waals surface area (Å²) in [5, 5.41) is 0. The van der Waals surface area contributed by atoms with E-state index in [1.807, 2.05) is 6.21 Å². The van der Waals surface area contributed by atoms with Gasteiger partial charge in [-0.05, 0) is 12.3 Å². The fourth-order valence-electron chi connectivity index (χ4n) is 0.607. The van der Waals surface area contributed by atoms with Crippen molar-refractivity contribution in [1.29, 1.82) is 0 Å². The Labute approximate surface area is 38.1 Å². The Morgan fingerprint density at radius 3 is 2.83 bits per heavy atom. The number of hydrogen-bond donors (Lipinski definition) is 0. The predicted molar refractivity (Wildman–Crippen MR) is 27.1 cm³/mol. The second-order valence-electron chi connectivity index (χ2n) is 1.82. The summed E-state index contributed by atoms with van der Waals surface area (Å²) in [6, 6.07) is 0. The first-order chi connectivity index (χ1) is 2.89. The molecule has 0 aromatic heterocycles. The van der Waals surface area contributed by atoms with E-state index in [9.17, 15) is 0 Å². The molecule has 1 atom stereocenters. The van der Waals surface area contributed by atoms with Crippen LogP contribution in [-0.4, -0.2) is 12.8 Å². The van der Waals surface area contributed by atoms with Crippen LogP contribution < -0.4 is 0 Å². The Hall–Kier alpha value is -0.330. The van der Waals surface area contributed by atoms with Gasteiger partial charge in [-0.1, -0.05) is 6.92 Å². The van der Waals surface area contributed by atoms with Crippen molar-refractivity contribution >= 4 is 6.21 Å². The maximum absolute atomic E-state index is 4.04. The zero-order valence-electron chi connectivity index (χ0n) is 4.02. The zero-order chi connectivity index (χ0) is 4.41. The molecule has 1 heterocycles. The maximum atomic E-state index is 4.04. The van der Waals surface area contributed by atoms with E-state index in [4.69, 9.17) is 0 Å². The highest BCUT2D eigenvalue weighted by atomic mass is 14.7. The molecule has 0 N–H and O–H groups in total. The molecule has 1 aliphatic rings. The largest absolute Gasteiger partial charge is 0.297 e. The number of rotatable bonds is 0. The second-order valence-corrected chi connectivity index (χ2v) is 1.82. The third kappa shape index (κ3) is 0.588. The van der Waals surface area contributed by atoms with E-state index >= 15 is 0 Å². The van der Waals surface area contributed by atoms with Gasteiger partial charge in [-0.15, -0.1) is 0 Å². The van der Waals surface area contributed by atoms with Crippen LogP contribution in [0.5, 0.6) is 0 Å². The summed E-state index contributed by atoms with van der Waals surface area (Å²) in [5.74, 6) is 0.755. The van der Waals surface area contributed by atoms with Crippen LogP contribution in [0.2, 0.25) is 0 Å². The van der Waals surface area contributed by atoms with E-state index in [0.29, 0.717) is 0 Å². The SMILES string of the molecule is CC1C=NCC1. The fourth-order valence-corrected chi connectivity index (χ4v) is 0.607. The molecule has 0 aliphatic carbocycles. The van der Waals surface area contributed by atoms with E-state index in [2.05, 4.69) is 11.9 Å². The molecule has 0 radical (unpaired) electrons. The molecule has 0 fully saturated rings. The monoisotopic (exact) mass is 83.1 g/mol. The van der Waals surface area contributed by atoms with E-state index < -0.39 is 0 Å². The lowest BCUT2D eigenvalue weighted by Gasteiger charge is -1.86. The van der Waals surface area contributed by atoms with Gasteiger partial charge in [0.25, 0.3) is 0 Å². The molecule has 0 aromatic carbocycles. The molecule has 1 heteroatoms. The Balaban J connectivity index is 2.38. The summed E-state index contributed by atoms with van der Waals surface area (Å²) in [4.78, 5) is 4.04. The molecular weight excluding hydrogens is 74.1 g/mol. The smallest absolute Gasteiger partial charge is 0.0391 e. The Morgan fingerprint density at radius 1 is 1.83 bits per heavy atom. The van der Waals surface area contributed by atoms with Gasteiger partial charge < -0.3 is 0 Å². The average molecular weight is 83.1 g/mol. The molecule has 0 bridgehead atoms. The summed E-state index contributed by atoms with van der Waals surface area (Å²) in [6.07, 6.45) is 3.29. The highest BCUT2D eigenvalue weighted by Crippen LogP contribution is 2.03. The minimum atomic E-state index is 0.755. The van der Waals surface area contributed by atoms with Crippen LogP contribution in [0.15, 0.2) is 4.99 Å². The number of nitrogens with zero attached hydrogens (tertiary/aromatic N) is 1. The number of aliphatic imine (C=N–C) groups is 1. The van der Waals surface area contributed by atoms with Gasteiger partial charge in [0.1, 0.15) is 0 Å². The maximum Gasteiger partial charge on any atom is 0.0391 e. The zero-order valence-corrected chi connectivity index (χ0v) is 4.02. The molecule has 1 nitrogen and oxygen atoms in total. The first kappa shape index (κ1) is 3.85. The summed E-state index contributed by atoms with van der Waals surface area (Å²) >= 11 is 0. The van der Waals surface area contributed by atoms with E-state index in [-0.39, 0.29) is 0 Å². The predicted octanol–water partition coefficient (Wildman–Crippen LogP) is 1.10. The van der Waals surface area contributed by atoms with Crippen LogP contribution in [0.3, 0.4) is 0 Å². The number of hydrogen-bond acceptors (Lipinski definition) is 1. The lowest BCUT2D eigenvalue weighted by molar-refractivity contribution is 0.758. The summed E-state index contributed by atoms with van der Waals surface area (Å²) in [5.41, 5.74) is 0. The molecule has 0 spiro atoms. The van der Waals surface area contributed by atoms with Gasteiger partial charge in [0.2, 0.25) is 0 Å². The van der Waals surface area contributed by atoms with Crippen LogP contribution in [-0.2, 0) is 0 Å². The second kappa shape index (κ2) is 1.41. The highest BCUT2D eigenvalue weighted by Gasteiger charge is 2.00. The Morgan fingerprint density at radius 2 is 2.67 bits per heavy atom. The highest BCUT2D eigenvalue weighted by molar-refractivity contribution is 5.61. The van der Waals surface area contributed by atoms with Crippen LogP contribution in [0.25, 0.3) is 0 Å². The topological polar surface area (TPSA) is 12.4 Å². The first-order valence-electron chi connectivity index (χ1n) is 2.39. The van der Waals surface area contributed by atoms with Gasteiger partial charge in [-0.2, -0.15) is 0 Å². The summed E-state index contributed by atoms with van der Waals surface area (Å²) in [7, 11) is 0. The van der Waals surface area contributed by atoms with Gasteiger partial charge in [0.05, 0.1) is 0 Å². The lowest BCUT2D eigenvalue weighted by atomic mass is 10.2. The molecular formula is C5H9N. The van der Waals surface area contributed by atoms with Gasteiger partial charge >= 0.3 is 0 Å². The lowest BCUT2D eigenvalue weighted by Crippen LogP contribution is -1.85. The van der Waals surface area contributed by atoms with Crippen molar-refractivity contribution in [1.82, 2.24) is 0 Å². The van der Waals surface area contributed by atoms with Crippen molar-refractivity contribution in [2.45, 2.75) is 13.3 Å².